The molecule has 1 aliphatic heterocycles. The van der Waals surface area contributed by atoms with Crippen LogP contribution in [0.2, 0.25) is 0 Å². The summed E-state index contributed by atoms with van der Waals surface area (Å²) in [4.78, 5) is 15.5. The Balaban J connectivity index is 1.69. The molecule has 24 heavy (non-hydrogen) atoms. The van der Waals surface area contributed by atoms with E-state index in [9.17, 15) is 13.2 Å². The molecule has 0 unspecified atom stereocenters. The number of hydrogen-bond donors (Lipinski definition) is 2. The van der Waals surface area contributed by atoms with Gasteiger partial charge in [-0.1, -0.05) is 26.7 Å². The van der Waals surface area contributed by atoms with Gasteiger partial charge in [0.15, 0.2) is 0 Å². The molecule has 7 heteroatoms. The first-order valence-corrected chi connectivity index (χ1v) is 10.3. The van der Waals surface area contributed by atoms with Crippen LogP contribution in [0.5, 0.6) is 0 Å². The first-order valence-electron chi connectivity index (χ1n) is 8.89. The van der Waals surface area contributed by atoms with E-state index in [4.69, 9.17) is 0 Å². The predicted octanol–water partition coefficient (Wildman–Crippen LogP) is 2.35. The lowest BCUT2D eigenvalue weighted by Gasteiger charge is -2.34. The maximum Gasteiger partial charge on any atom is 0.267 e. The number of rotatable bonds is 4. The summed E-state index contributed by atoms with van der Waals surface area (Å²) < 4.78 is 26.5. The highest BCUT2D eigenvalue weighted by atomic mass is 32.2. The van der Waals surface area contributed by atoms with Crippen LogP contribution in [-0.2, 0) is 10.0 Å². The zero-order chi connectivity index (χ0) is 17.3. The molecule has 3 rings (SSSR count). The minimum Gasteiger partial charge on any atom is -0.356 e. The maximum absolute atomic E-state index is 12.5. The van der Waals surface area contributed by atoms with Gasteiger partial charge in [-0.15, -0.1) is 0 Å². The Labute approximate surface area is 144 Å². The Kier molecular flexibility index (Phi) is 5.01. The van der Waals surface area contributed by atoms with E-state index in [1.165, 1.54) is 23.0 Å². The lowest BCUT2D eigenvalue weighted by Crippen LogP contribution is -2.43. The maximum atomic E-state index is 12.5. The van der Waals surface area contributed by atoms with Crippen LogP contribution in [0.3, 0.4) is 0 Å². The summed E-state index contributed by atoms with van der Waals surface area (Å²) in [6.07, 6.45) is 6.53. The largest absolute Gasteiger partial charge is 0.356 e. The third-order valence-electron chi connectivity index (χ3n) is 5.63. The zero-order valence-electron chi connectivity index (χ0n) is 14.4. The molecular formula is C17H27N3O3S. The van der Waals surface area contributed by atoms with Crippen LogP contribution < -0.4 is 5.32 Å². The summed E-state index contributed by atoms with van der Waals surface area (Å²) in [6.45, 7) is 5.52. The number of nitrogens with zero attached hydrogens (tertiary/aromatic N) is 1. The Morgan fingerprint density at radius 2 is 1.92 bits per heavy atom. The lowest BCUT2D eigenvalue weighted by atomic mass is 9.78. The summed E-state index contributed by atoms with van der Waals surface area (Å²) in [5.41, 5.74) is 0.318. The number of carbonyl (C=O) groups is 1. The van der Waals surface area contributed by atoms with E-state index < -0.39 is 10.0 Å². The third-order valence-corrected chi connectivity index (χ3v) is 7.50. The molecule has 2 fully saturated rings. The normalized spacial score (nSPS) is 28.8. The summed E-state index contributed by atoms with van der Waals surface area (Å²) in [5.74, 6) is 0.813. The second-order valence-corrected chi connectivity index (χ2v) is 9.15. The molecule has 0 spiro atoms. The standard InChI is InChI=1S/C17H27N3O3S/c1-12-6-5-7-15(13(12)2)19-17(21)16-10-14(11-18-16)24(22,23)20-8-3-4-9-20/h10-13,15,18H,3-9H2,1-2H3,(H,19,21)/t12-,13+,15+/m1/s1. The highest BCUT2D eigenvalue weighted by molar-refractivity contribution is 7.89. The van der Waals surface area contributed by atoms with Gasteiger partial charge in [0.2, 0.25) is 10.0 Å². The van der Waals surface area contributed by atoms with Crippen molar-refractivity contribution in [1.82, 2.24) is 14.6 Å². The number of hydrogen-bond acceptors (Lipinski definition) is 3. The molecule has 1 aromatic rings. The minimum atomic E-state index is -3.48. The fraction of sp³-hybridized carbons (Fsp3) is 0.706. The quantitative estimate of drug-likeness (QED) is 0.872. The Morgan fingerprint density at radius 3 is 2.62 bits per heavy atom. The van der Waals surface area contributed by atoms with Crippen molar-refractivity contribution >= 4 is 15.9 Å². The topological polar surface area (TPSA) is 82.3 Å². The second-order valence-electron chi connectivity index (χ2n) is 7.21. The van der Waals surface area contributed by atoms with Gasteiger partial charge in [0, 0.05) is 25.3 Å². The van der Waals surface area contributed by atoms with Crippen LogP contribution in [0, 0.1) is 11.8 Å². The first kappa shape index (κ1) is 17.5. The summed E-state index contributed by atoms with van der Waals surface area (Å²) >= 11 is 0. The van der Waals surface area contributed by atoms with E-state index in [1.807, 2.05) is 0 Å². The predicted molar refractivity (Wildman–Crippen MR) is 92.2 cm³/mol. The molecule has 3 atom stereocenters. The first-order chi connectivity index (χ1) is 11.4. The fourth-order valence-electron chi connectivity index (χ4n) is 3.76. The van der Waals surface area contributed by atoms with Gasteiger partial charge in [-0.05, 0) is 37.2 Å². The average Bonchev–Trinajstić information content (AvgIpc) is 3.22. The zero-order valence-corrected chi connectivity index (χ0v) is 15.2. The average molecular weight is 353 g/mol. The van der Waals surface area contributed by atoms with Crippen LogP contribution in [0.25, 0.3) is 0 Å². The molecule has 6 nitrogen and oxygen atoms in total. The summed E-state index contributed by atoms with van der Waals surface area (Å²) in [7, 11) is -3.48. The second kappa shape index (κ2) is 6.88. The minimum absolute atomic E-state index is 0.156. The van der Waals surface area contributed by atoms with Crippen molar-refractivity contribution in [2.45, 2.75) is 56.9 Å². The lowest BCUT2D eigenvalue weighted by molar-refractivity contribution is 0.0886. The smallest absolute Gasteiger partial charge is 0.267 e. The van der Waals surface area contributed by atoms with Gasteiger partial charge in [-0.25, -0.2) is 8.42 Å². The monoisotopic (exact) mass is 353 g/mol. The molecule has 0 radical (unpaired) electrons. The van der Waals surface area contributed by atoms with Crippen molar-refractivity contribution in [3.05, 3.63) is 18.0 Å². The van der Waals surface area contributed by atoms with Gasteiger partial charge in [0.05, 0.1) is 0 Å². The van der Waals surface area contributed by atoms with Crippen LogP contribution in [-0.4, -0.2) is 42.7 Å². The van der Waals surface area contributed by atoms with Crippen LogP contribution in [0.4, 0.5) is 0 Å². The number of aromatic nitrogens is 1. The molecule has 1 saturated heterocycles. The van der Waals surface area contributed by atoms with Gasteiger partial charge in [0.1, 0.15) is 10.6 Å². The summed E-state index contributed by atoms with van der Waals surface area (Å²) in [6, 6.07) is 1.61. The molecule has 0 aromatic carbocycles. The Morgan fingerprint density at radius 1 is 1.21 bits per heavy atom. The van der Waals surface area contributed by atoms with E-state index in [1.54, 1.807) is 0 Å². The van der Waals surface area contributed by atoms with Gasteiger partial charge in [-0.2, -0.15) is 4.31 Å². The number of aromatic amines is 1. The van der Waals surface area contributed by atoms with E-state index in [-0.39, 0.29) is 16.8 Å². The number of carbonyl (C=O) groups excluding carboxylic acids is 1. The van der Waals surface area contributed by atoms with Crippen molar-refractivity contribution < 1.29 is 13.2 Å². The molecule has 1 amide bonds. The van der Waals surface area contributed by atoms with Crippen LogP contribution in [0.15, 0.2) is 17.2 Å². The molecule has 1 saturated carbocycles. The van der Waals surface area contributed by atoms with Crippen LogP contribution in [0.1, 0.15) is 56.4 Å². The molecule has 0 bridgehead atoms. The summed E-state index contributed by atoms with van der Waals surface area (Å²) in [5, 5.41) is 3.07. The van der Waals surface area contributed by atoms with Gasteiger partial charge >= 0.3 is 0 Å². The highest BCUT2D eigenvalue weighted by Gasteiger charge is 2.31. The van der Waals surface area contributed by atoms with Crippen molar-refractivity contribution in [3.63, 3.8) is 0 Å². The molecule has 2 heterocycles. The number of H-pyrrole nitrogens is 1. The van der Waals surface area contributed by atoms with Gasteiger partial charge in [0.25, 0.3) is 5.91 Å². The fourth-order valence-corrected chi connectivity index (χ4v) is 5.28. The Hall–Kier alpha value is -1.34. The Bertz CT molecular complexity index is 692. The van der Waals surface area contributed by atoms with Crippen molar-refractivity contribution in [2.24, 2.45) is 11.8 Å². The highest BCUT2D eigenvalue weighted by Crippen LogP contribution is 2.29. The van der Waals surface area contributed by atoms with E-state index in [0.717, 1.165) is 25.7 Å². The van der Waals surface area contributed by atoms with E-state index in [2.05, 4.69) is 24.1 Å². The number of nitrogens with one attached hydrogen (secondary N) is 2. The van der Waals surface area contributed by atoms with Gasteiger partial charge in [-0.3, -0.25) is 4.79 Å². The molecule has 1 aliphatic carbocycles. The molecule has 2 aliphatic rings. The number of amides is 1. The van der Waals surface area contributed by atoms with E-state index in [0.29, 0.717) is 30.6 Å². The molecular weight excluding hydrogens is 326 g/mol. The van der Waals surface area contributed by atoms with Crippen molar-refractivity contribution in [3.8, 4) is 0 Å². The third kappa shape index (κ3) is 3.37. The van der Waals surface area contributed by atoms with Gasteiger partial charge < -0.3 is 10.3 Å². The van der Waals surface area contributed by atoms with Crippen LogP contribution >= 0.6 is 0 Å². The molecule has 2 N–H and O–H groups in total. The molecule has 1 aromatic heterocycles. The van der Waals surface area contributed by atoms with Crippen molar-refractivity contribution in [2.75, 3.05) is 13.1 Å². The van der Waals surface area contributed by atoms with Crippen molar-refractivity contribution in [1.29, 1.82) is 0 Å². The number of sulfonamides is 1. The SMILES string of the molecule is C[C@H]1[C@H](C)CCC[C@@H]1NC(=O)c1cc(S(=O)(=O)N2CCCC2)c[nH]1. The molecule has 134 valence electrons. The van der Waals surface area contributed by atoms with E-state index >= 15 is 0 Å².